The van der Waals surface area contributed by atoms with E-state index in [-0.39, 0.29) is 5.91 Å². The molecule has 8 heteroatoms. The minimum absolute atomic E-state index is 0.137. The van der Waals surface area contributed by atoms with Gasteiger partial charge < -0.3 is 19.9 Å². The number of aromatic amines is 1. The van der Waals surface area contributed by atoms with E-state index in [4.69, 9.17) is 4.74 Å². The van der Waals surface area contributed by atoms with Crippen LogP contribution in [0.2, 0.25) is 0 Å². The van der Waals surface area contributed by atoms with Gasteiger partial charge >= 0.3 is 6.01 Å². The molecule has 0 saturated heterocycles. The lowest BCUT2D eigenvalue weighted by molar-refractivity contribution is 0.0954. The van der Waals surface area contributed by atoms with Crippen LogP contribution in [0.25, 0.3) is 22.2 Å². The van der Waals surface area contributed by atoms with Gasteiger partial charge in [0, 0.05) is 47.5 Å². The number of amides is 1. The van der Waals surface area contributed by atoms with E-state index < -0.39 is 0 Å². The maximum atomic E-state index is 12.6. The van der Waals surface area contributed by atoms with Crippen LogP contribution in [-0.4, -0.2) is 59.6 Å². The molecule has 172 valence electrons. The van der Waals surface area contributed by atoms with E-state index in [1.54, 1.807) is 24.5 Å². The number of aromatic nitrogens is 3. The van der Waals surface area contributed by atoms with Gasteiger partial charge in [0.2, 0.25) is 0 Å². The predicted molar refractivity (Wildman–Crippen MR) is 131 cm³/mol. The fourth-order valence-corrected chi connectivity index (χ4v) is 3.52. The standard InChI is InChI=1S/C26H26N6O2/c1-32(2)13-14-34-26-29-12-10-23(31-26)19-4-6-20(7-5-19)25(33)28-11-9-18-3-8-24-22(15-18)21(16-27)17-30-24/h3-8,10,12,15,17,30H,9,11,13-14H2,1-2H3,(H,28,33). The third-order valence-corrected chi connectivity index (χ3v) is 5.41. The summed E-state index contributed by atoms with van der Waals surface area (Å²) in [6, 6.07) is 17.6. The van der Waals surface area contributed by atoms with Crippen molar-refractivity contribution in [1.29, 1.82) is 5.26 Å². The topological polar surface area (TPSA) is 107 Å². The van der Waals surface area contributed by atoms with Crippen molar-refractivity contribution in [2.24, 2.45) is 0 Å². The van der Waals surface area contributed by atoms with Crippen LogP contribution in [0.4, 0.5) is 0 Å². The van der Waals surface area contributed by atoms with E-state index in [1.165, 1.54) is 0 Å². The van der Waals surface area contributed by atoms with Gasteiger partial charge in [-0.3, -0.25) is 4.79 Å². The van der Waals surface area contributed by atoms with E-state index in [0.717, 1.165) is 34.3 Å². The van der Waals surface area contributed by atoms with Crippen LogP contribution in [0.3, 0.4) is 0 Å². The number of carbonyl (C=O) groups is 1. The first-order chi connectivity index (χ1) is 16.5. The molecular formula is C26H26N6O2. The molecule has 2 N–H and O–H groups in total. The Morgan fingerprint density at radius 1 is 1.18 bits per heavy atom. The van der Waals surface area contributed by atoms with Gasteiger partial charge in [0.1, 0.15) is 12.7 Å². The molecule has 0 unspecified atom stereocenters. The second-order valence-corrected chi connectivity index (χ2v) is 8.15. The lowest BCUT2D eigenvalue weighted by atomic mass is 10.1. The highest BCUT2D eigenvalue weighted by molar-refractivity contribution is 5.94. The van der Waals surface area contributed by atoms with E-state index in [9.17, 15) is 10.1 Å². The second kappa shape index (κ2) is 10.6. The van der Waals surface area contributed by atoms with Crippen LogP contribution in [0.15, 0.2) is 60.9 Å². The summed E-state index contributed by atoms with van der Waals surface area (Å²) < 4.78 is 5.61. The number of nitriles is 1. The molecule has 0 atom stereocenters. The minimum Gasteiger partial charge on any atom is -0.462 e. The number of hydrogen-bond donors (Lipinski definition) is 2. The molecule has 34 heavy (non-hydrogen) atoms. The molecule has 0 aliphatic rings. The van der Waals surface area contributed by atoms with E-state index in [0.29, 0.717) is 36.7 Å². The highest BCUT2D eigenvalue weighted by Gasteiger charge is 2.09. The number of carbonyl (C=O) groups excluding carboxylic acids is 1. The van der Waals surface area contributed by atoms with Crippen molar-refractivity contribution in [3.8, 4) is 23.3 Å². The first-order valence-electron chi connectivity index (χ1n) is 11.0. The van der Waals surface area contributed by atoms with Crippen LogP contribution in [0.5, 0.6) is 6.01 Å². The third kappa shape index (κ3) is 5.57. The van der Waals surface area contributed by atoms with Crippen molar-refractivity contribution in [1.82, 2.24) is 25.2 Å². The van der Waals surface area contributed by atoms with Gasteiger partial charge in [-0.25, -0.2) is 4.98 Å². The Bertz CT molecular complexity index is 1320. The van der Waals surface area contributed by atoms with Crippen molar-refractivity contribution < 1.29 is 9.53 Å². The molecule has 0 spiro atoms. The number of ether oxygens (including phenoxy) is 1. The highest BCUT2D eigenvalue weighted by atomic mass is 16.5. The zero-order chi connectivity index (χ0) is 23.9. The number of nitrogens with one attached hydrogen (secondary N) is 2. The van der Waals surface area contributed by atoms with Crippen LogP contribution >= 0.6 is 0 Å². The molecule has 0 radical (unpaired) electrons. The second-order valence-electron chi connectivity index (χ2n) is 8.15. The maximum Gasteiger partial charge on any atom is 0.316 e. The normalized spacial score (nSPS) is 10.9. The monoisotopic (exact) mass is 454 g/mol. The van der Waals surface area contributed by atoms with Crippen LogP contribution in [0, 0.1) is 11.3 Å². The fraction of sp³-hybridized carbons (Fsp3) is 0.231. The van der Waals surface area contributed by atoms with Gasteiger partial charge in [-0.15, -0.1) is 0 Å². The lowest BCUT2D eigenvalue weighted by Gasteiger charge is -2.10. The highest BCUT2D eigenvalue weighted by Crippen LogP contribution is 2.20. The molecule has 4 rings (SSSR count). The van der Waals surface area contributed by atoms with Gasteiger partial charge in [0.25, 0.3) is 5.91 Å². The molecular weight excluding hydrogens is 428 g/mol. The Morgan fingerprint density at radius 2 is 2.00 bits per heavy atom. The summed E-state index contributed by atoms with van der Waals surface area (Å²) in [5.41, 5.74) is 4.81. The Morgan fingerprint density at radius 3 is 2.76 bits per heavy atom. The molecule has 0 fully saturated rings. The van der Waals surface area contributed by atoms with Crippen molar-refractivity contribution in [3.05, 3.63) is 77.6 Å². The molecule has 2 heterocycles. The summed E-state index contributed by atoms with van der Waals surface area (Å²) in [4.78, 5) is 26.3. The molecule has 1 amide bonds. The Labute approximate surface area is 198 Å². The number of hydrogen-bond acceptors (Lipinski definition) is 6. The van der Waals surface area contributed by atoms with Gasteiger partial charge in [-0.1, -0.05) is 18.2 Å². The Kier molecular flexibility index (Phi) is 7.16. The van der Waals surface area contributed by atoms with E-state index in [2.05, 4.69) is 26.3 Å². The summed E-state index contributed by atoms with van der Waals surface area (Å²) in [5, 5.41) is 13.1. The minimum atomic E-state index is -0.137. The smallest absolute Gasteiger partial charge is 0.316 e. The molecule has 2 aromatic carbocycles. The SMILES string of the molecule is CN(C)CCOc1nccc(-c2ccc(C(=O)NCCc3ccc4[nH]cc(C#N)c4c3)cc2)n1. The molecule has 0 aliphatic heterocycles. The number of rotatable bonds is 9. The average molecular weight is 455 g/mol. The molecule has 0 aliphatic carbocycles. The van der Waals surface area contributed by atoms with Crippen molar-refractivity contribution in [2.45, 2.75) is 6.42 Å². The number of fused-ring (bicyclic) bond motifs is 1. The third-order valence-electron chi connectivity index (χ3n) is 5.41. The first kappa shape index (κ1) is 23.0. The lowest BCUT2D eigenvalue weighted by Crippen LogP contribution is -2.25. The summed E-state index contributed by atoms with van der Waals surface area (Å²) in [6.45, 7) is 1.78. The molecule has 0 saturated carbocycles. The van der Waals surface area contributed by atoms with Gasteiger partial charge in [-0.2, -0.15) is 10.2 Å². The summed E-state index contributed by atoms with van der Waals surface area (Å²) in [5.74, 6) is -0.137. The van der Waals surface area contributed by atoms with Gasteiger partial charge in [0.05, 0.1) is 11.3 Å². The zero-order valence-corrected chi connectivity index (χ0v) is 19.2. The van der Waals surface area contributed by atoms with Crippen molar-refractivity contribution in [2.75, 3.05) is 33.8 Å². The zero-order valence-electron chi connectivity index (χ0n) is 19.2. The number of H-pyrrole nitrogens is 1. The molecule has 2 aromatic heterocycles. The first-order valence-corrected chi connectivity index (χ1v) is 11.0. The molecule has 0 bridgehead atoms. The molecule has 4 aromatic rings. The number of benzene rings is 2. The number of likely N-dealkylation sites (N-methyl/N-ethyl adjacent to an activating group) is 1. The van der Waals surface area contributed by atoms with Crippen LogP contribution in [-0.2, 0) is 6.42 Å². The van der Waals surface area contributed by atoms with E-state index >= 15 is 0 Å². The fourth-order valence-electron chi connectivity index (χ4n) is 3.52. The molecule has 8 nitrogen and oxygen atoms in total. The van der Waals surface area contributed by atoms with Crippen molar-refractivity contribution in [3.63, 3.8) is 0 Å². The Balaban J connectivity index is 1.33. The summed E-state index contributed by atoms with van der Waals surface area (Å²) in [7, 11) is 3.96. The number of nitrogens with zero attached hydrogens (tertiary/aromatic N) is 4. The van der Waals surface area contributed by atoms with Crippen LogP contribution < -0.4 is 10.1 Å². The maximum absolute atomic E-state index is 12.6. The van der Waals surface area contributed by atoms with Crippen molar-refractivity contribution >= 4 is 16.8 Å². The van der Waals surface area contributed by atoms with E-state index in [1.807, 2.05) is 55.4 Å². The Hall–Kier alpha value is -4.22. The van der Waals surface area contributed by atoms with Gasteiger partial charge in [0.15, 0.2) is 0 Å². The largest absolute Gasteiger partial charge is 0.462 e. The van der Waals surface area contributed by atoms with Crippen LogP contribution in [0.1, 0.15) is 21.5 Å². The van der Waals surface area contributed by atoms with Gasteiger partial charge in [-0.05, 0) is 56.4 Å². The average Bonchev–Trinajstić information content (AvgIpc) is 3.26. The summed E-state index contributed by atoms with van der Waals surface area (Å²) in [6.07, 6.45) is 4.05. The summed E-state index contributed by atoms with van der Waals surface area (Å²) >= 11 is 0. The predicted octanol–water partition coefficient (Wildman–Crippen LogP) is 3.41. The quantitative estimate of drug-likeness (QED) is 0.401.